The van der Waals surface area contributed by atoms with E-state index in [4.69, 9.17) is 5.11 Å². The van der Waals surface area contributed by atoms with E-state index in [-0.39, 0.29) is 6.42 Å². The number of hydrogen-bond donors (Lipinski definition) is 3. The number of aliphatic carboxylic acids is 1. The van der Waals surface area contributed by atoms with E-state index < -0.39 is 12.0 Å². The highest BCUT2D eigenvalue weighted by atomic mass is 16.4. The summed E-state index contributed by atoms with van der Waals surface area (Å²) in [6.07, 6.45) is 2.21. The maximum absolute atomic E-state index is 11.8. The predicted molar refractivity (Wildman–Crippen MR) is 78.2 cm³/mol. The van der Waals surface area contributed by atoms with Crippen molar-refractivity contribution in [1.82, 2.24) is 9.78 Å². The van der Waals surface area contributed by atoms with Crippen LogP contribution in [0.25, 0.3) is 0 Å². The minimum atomic E-state index is -0.846. The molecule has 1 aromatic heterocycles. The van der Waals surface area contributed by atoms with Gasteiger partial charge >= 0.3 is 12.0 Å². The van der Waals surface area contributed by atoms with Gasteiger partial charge in [-0.1, -0.05) is 12.1 Å². The Bertz CT molecular complexity index is 651. The Hall–Kier alpha value is -2.83. The molecule has 2 amide bonds. The zero-order chi connectivity index (χ0) is 15.2. The number of carbonyl (C=O) groups is 2. The molecule has 1 aromatic carbocycles. The molecule has 0 aliphatic rings. The smallest absolute Gasteiger partial charge is 0.324 e. The molecule has 0 unspecified atom stereocenters. The monoisotopic (exact) mass is 288 g/mol. The Morgan fingerprint density at radius 3 is 2.76 bits per heavy atom. The van der Waals surface area contributed by atoms with Gasteiger partial charge in [-0.25, -0.2) is 4.79 Å². The number of hydrogen-bond acceptors (Lipinski definition) is 3. The molecule has 0 spiro atoms. The number of urea groups is 1. The van der Waals surface area contributed by atoms with Crippen LogP contribution in [0.2, 0.25) is 0 Å². The number of aryl methyl sites for hydroxylation is 2. The molecule has 0 fully saturated rings. The molecule has 0 saturated carbocycles. The molecule has 7 heteroatoms. The molecule has 21 heavy (non-hydrogen) atoms. The number of aromatic nitrogens is 2. The van der Waals surface area contributed by atoms with Crippen LogP contribution < -0.4 is 10.6 Å². The van der Waals surface area contributed by atoms with Crippen LogP contribution in [-0.4, -0.2) is 26.9 Å². The van der Waals surface area contributed by atoms with Gasteiger partial charge in [-0.2, -0.15) is 5.10 Å². The summed E-state index contributed by atoms with van der Waals surface area (Å²) < 4.78 is 1.59. The molecule has 0 aliphatic carbocycles. The van der Waals surface area contributed by atoms with Crippen molar-refractivity contribution in [3.8, 4) is 0 Å². The lowest BCUT2D eigenvalue weighted by molar-refractivity contribution is -0.136. The summed E-state index contributed by atoms with van der Waals surface area (Å²) >= 11 is 0. The van der Waals surface area contributed by atoms with E-state index in [1.54, 1.807) is 42.2 Å². The number of carbonyl (C=O) groups excluding carboxylic acids is 1. The van der Waals surface area contributed by atoms with E-state index in [1.807, 2.05) is 6.07 Å². The molecule has 0 radical (unpaired) electrons. The van der Waals surface area contributed by atoms with Gasteiger partial charge in [-0.05, 0) is 24.1 Å². The number of rotatable bonds is 5. The van der Waals surface area contributed by atoms with Gasteiger partial charge in [0.15, 0.2) is 5.82 Å². The lowest BCUT2D eigenvalue weighted by atomic mass is 10.1. The molecule has 2 aromatic rings. The fourth-order valence-electron chi connectivity index (χ4n) is 1.82. The van der Waals surface area contributed by atoms with Crippen LogP contribution in [-0.2, 0) is 18.3 Å². The summed E-state index contributed by atoms with van der Waals surface area (Å²) in [5, 5.41) is 18.0. The first-order valence-electron chi connectivity index (χ1n) is 6.41. The first-order chi connectivity index (χ1) is 10.0. The number of amides is 2. The van der Waals surface area contributed by atoms with Crippen LogP contribution in [0.1, 0.15) is 12.0 Å². The Morgan fingerprint density at radius 1 is 1.29 bits per heavy atom. The molecule has 7 nitrogen and oxygen atoms in total. The summed E-state index contributed by atoms with van der Waals surface area (Å²) in [5.41, 5.74) is 1.46. The first kappa shape index (κ1) is 14.6. The maximum atomic E-state index is 11.8. The quantitative estimate of drug-likeness (QED) is 0.784. The van der Waals surface area contributed by atoms with E-state index in [0.29, 0.717) is 17.9 Å². The van der Waals surface area contributed by atoms with Crippen molar-refractivity contribution in [2.24, 2.45) is 7.05 Å². The lowest BCUT2D eigenvalue weighted by Crippen LogP contribution is -2.19. The summed E-state index contributed by atoms with van der Waals surface area (Å²) in [4.78, 5) is 22.4. The van der Waals surface area contributed by atoms with Gasteiger partial charge in [0.25, 0.3) is 0 Å². The van der Waals surface area contributed by atoms with E-state index in [1.165, 1.54) is 0 Å². The first-order valence-corrected chi connectivity index (χ1v) is 6.41. The molecule has 0 aliphatic heterocycles. The standard InChI is InChI=1S/C14H16N4O3/c1-18-8-7-12(17-18)16-14(21)15-11-4-2-3-10(9-11)5-6-13(19)20/h2-4,7-9H,5-6H2,1H3,(H,19,20)(H2,15,16,17,21). The third kappa shape index (κ3) is 4.64. The normalized spacial score (nSPS) is 10.1. The molecule has 3 N–H and O–H groups in total. The SMILES string of the molecule is Cn1ccc(NC(=O)Nc2cccc(CCC(=O)O)c2)n1. The van der Waals surface area contributed by atoms with Crippen LogP contribution in [0, 0.1) is 0 Å². The van der Waals surface area contributed by atoms with Crippen LogP contribution in [0.3, 0.4) is 0 Å². The number of benzene rings is 1. The van der Waals surface area contributed by atoms with E-state index in [2.05, 4.69) is 15.7 Å². The van der Waals surface area contributed by atoms with Crippen LogP contribution in [0.5, 0.6) is 0 Å². The van der Waals surface area contributed by atoms with E-state index in [0.717, 1.165) is 5.56 Å². The highest BCUT2D eigenvalue weighted by Crippen LogP contribution is 2.13. The summed E-state index contributed by atoms with van der Waals surface area (Å²) in [7, 11) is 1.76. The second-order valence-corrected chi connectivity index (χ2v) is 4.55. The van der Waals surface area contributed by atoms with Crippen LogP contribution in [0.4, 0.5) is 16.3 Å². The highest BCUT2D eigenvalue weighted by molar-refractivity contribution is 5.99. The van der Waals surface area contributed by atoms with Crippen molar-refractivity contribution in [3.05, 3.63) is 42.1 Å². The average molecular weight is 288 g/mol. The van der Waals surface area contributed by atoms with Crippen molar-refractivity contribution < 1.29 is 14.7 Å². The molecule has 2 rings (SSSR count). The van der Waals surface area contributed by atoms with Crippen LogP contribution >= 0.6 is 0 Å². The predicted octanol–water partition coefficient (Wildman–Crippen LogP) is 2.08. The second-order valence-electron chi connectivity index (χ2n) is 4.55. The minimum Gasteiger partial charge on any atom is -0.481 e. The van der Waals surface area contributed by atoms with Gasteiger partial charge in [0, 0.05) is 31.4 Å². The molecule has 0 bridgehead atoms. The summed E-state index contributed by atoms with van der Waals surface area (Å²) in [5.74, 6) is -0.390. The molecular weight excluding hydrogens is 272 g/mol. The minimum absolute atomic E-state index is 0.0591. The molecule has 0 saturated heterocycles. The highest BCUT2D eigenvalue weighted by Gasteiger charge is 2.05. The van der Waals surface area contributed by atoms with Gasteiger partial charge in [-0.15, -0.1) is 0 Å². The number of nitrogens with one attached hydrogen (secondary N) is 2. The Morgan fingerprint density at radius 2 is 2.10 bits per heavy atom. The third-order valence-corrected chi connectivity index (χ3v) is 2.77. The van der Waals surface area contributed by atoms with E-state index >= 15 is 0 Å². The summed E-state index contributed by atoms with van der Waals surface area (Å²) in [6, 6.07) is 8.37. The molecule has 0 atom stereocenters. The number of carboxylic acids is 1. The van der Waals surface area contributed by atoms with Gasteiger partial charge in [0.2, 0.25) is 0 Å². The van der Waals surface area contributed by atoms with Crippen molar-refractivity contribution in [2.45, 2.75) is 12.8 Å². The van der Waals surface area contributed by atoms with Gasteiger partial charge in [-0.3, -0.25) is 14.8 Å². The third-order valence-electron chi connectivity index (χ3n) is 2.77. The van der Waals surface area contributed by atoms with Crippen molar-refractivity contribution in [2.75, 3.05) is 10.6 Å². The zero-order valence-corrected chi connectivity index (χ0v) is 11.5. The van der Waals surface area contributed by atoms with Crippen molar-refractivity contribution >= 4 is 23.5 Å². The summed E-state index contributed by atoms with van der Waals surface area (Å²) in [6.45, 7) is 0. The zero-order valence-electron chi connectivity index (χ0n) is 11.5. The van der Waals surface area contributed by atoms with Gasteiger partial charge in [0.05, 0.1) is 0 Å². The fourth-order valence-corrected chi connectivity index (χ4v) is 1.82. The second kappa shape index (κ2) is 6.56. The topological polar surface area (TPSA) is 96.2 Å². The average Bonchev–Trinajstić information content (AvgIpc) is 2.82. The van der Waals surface area contributed by atoms with Crippen LogP contribution in [0.15, 0.2) is 36.5 Å². The number of anilines is 2. The van der Waals surface area contributed by atoms with Crippen molar-refractivity contribution in [1.29, 1.82) is 0 Å². The maximum Gasteiger partial charge on any atom is 0.324 e. The largest absolute Gasteiger partial charge is 0.481 e. The molecule has 1 heterocycles. The Kier molecular flexibility index (Phi) is 4.55. The van der Waals surface area contributed by atoms with Crippen molar-refractivity contribution in [3.63, 3.8) is 0 Å². The van der Waals surface area contributed by atoms with Gasteiger partial charge < -0.3 is 10.4 Å². The fraction of sp³-hybridized carbons (Fsp3) is 0.214. The van der Waals surface area contributed by atoms with E-state index in [9.17, 15) is 9.59 Å². The lowest BCUT2D eigenvalue weighted by Gasteiger charge is -2.07. The Balaban J connectivity index is 1.94. The molecule has 110 valence electrons. The van der Waals surface area contributed by atoms with Gasteiger partial charge in [0.1, 0.15) is 0 Å². The number of nitrogens with zero attached hydrogens (tertiary/aromatic N) is 2. The Labute approximate surface area is 121 Å². The molecular formula is C14H16N4O3. The number of carboxylic acid groups (broad SMARTS) is 1.